The molecule has 2 N–H and O–H groups in total. The van der Waals surface area contributed by atoms with Gasteiger partial charge < -0.3 is 19.8 Å². The molecule has 27 heavy (non-hydrogen) atoms. The van der Waals surface area contributed by atoms with E-state index in [0.29, 0.717) is 25.5 Å². The van der Waals surface area contributed by atoms with Gasteiger partial charge in [0.25, 0.3) is 0 Å². The Bertz CT molecular complexity index is 924. The third-order valence-corrected chi connectivity index (χ3v) is 5.51. The summed E-state index contributed by atoms with van der Waals surface area (Å²) in [7, 11) is 0. The highest BCUT2D eigenvalue weighted by Gasteiger charge is 2.14. The van der Waals surface area contributed by atoms with Gasteiger partial charge in [-0.15, -0.1) is 11.8 Å². The average Bonchev–Trinajstić information content (AvgIpc) is 3.14. The number of aromatic nitrogens is 2. The number of imidazole rings is 1. The lowest BCUT2D eigenvalue weighted by atomic mass is 10.2. The van der Waals surface area contributed by atoms with Gasteiger partial charge in [0.15, 0.2) is 11.5 Å². The summed E-state index contributed by atoms with van der Waals surface area (Å²) in [6.45, 7) is 3.65. The summed E-state index contributed by atoms with van der Waals surface area (Å²) in [6.07, 6.45) is 0. The van der Waals surface area contributed by atoms with Crippen molar-refractivity contribution in [3.05, 3.63) is 53.9 Å². The molecular weight excluding hydrogens is 362 g/mol. The second-order valence-corrected chi connectivity index (χ2v) is 7.68. The maximum Gasteiger partial charge on any atom is 0.230 e. The highest BCUT2D eigenvalue weighted by Crippen LogP contribution is 2.31. The van der Waals surface area contributed by atoms with Gasteiger partial charge in [0.05, 0.1) is 22.0 Å². The molecule has 7 heteroatoms. The van der Waals surface area contributed by atoms with E-state index in [1.807, 2.05) is 42.5 Å². The van der Waals surface area contributed by atoms with E-state index >= 15 is 0 Å². The van der Waals surface area contributed by atoms with Crippen molar-refractivity contribution in [1.82, 2.24) is 15.3 Å². The van der Waals surface area contributed by atoms with Gasteiger partial charge in [-0.05, 0) is 36.8 Å². The van der Waals surface area contributed by atoms with Gasteiger partial charge in [0, 0.05) is 6.54 Å². The standard InChI is InChI=1S/C20H21N3O3S/c1-13(20-22-15-4-2-3-5-16(15)23-20)27-12-19(24)21-11-14-6-7-17-18(10-14)26-9-8-25-17/h2-7,10,13H,8-9,11-12H2,1H3,(H,21,24)(H,22,23). The van der Waals surface area contributed by atoms with Crippen molar-refractivity contribution < 1.29 is 14.3 Å². The van der Waals surface area contributed by atoms with Gasteiger partial charge in [-0.3, -0.25) is 4.79 Å². The van der Waals surface area contributed by atoms with Gasteiger partial charge in [-0.25, -0.2) is 4.98 Å². The predicted molar refractivity (Wildman–Crippen MR) is 106 cm³/mol. The van der Waals surface area contributed by atoms with Crippen LogP contribution in [0.1, 0.15) is 23.6 Å². The minimum atomic E-state index is -0.00199. The molecular formula is C20H21N3O3S. The number of aromatic amines is 1. The van der Waals surface area contributed by atoms with Crippen LogP contribution in [0, 0.1) is 0 Å². The predicted octanol–water partition coefficient (Wildman–Crippen LogP) is 3.44. The van der Waals surface area contributed by atoms with Crippen molar-refractivity contribution >= 4 is 28.7 Å². The largest absolute Gasteiger partial charge is 0.486 e. The van der Waals surface area contributed by atoms with Crippen molar-refractivity contribution in [1.29, 1.82) is 0 Å². The minimum Gasteiger partial charge on any atom is -0.486 e. The van der Waals surface area contributed by atoms with Gasteiger partial charge in [0.1, 0.15) is 19.0 Å². The fourth-order valence-corrected chi connectivity index (χ4v) is 3.67. The SMILES string of the molecule is CC(SCC(=O)NCc1ccc2c(c1)OCCO2)c1nc2ccccc2[nH]1. The number of fused-ring (bicyclic) bond motifs is 2. The molecule has 0 radical (unpaired) electrons. The first-order valence-electron chi connectivity index (χ1n) is 8.90. The van der Waals surface area contributed by atoms with Crippen molar-refractivity contribution in [3.8, 4) is 11.5 Å². The lowest BCUT2D eigenvalue weighted by Gasteiger charge is -2.19. The summed E-state index contributed by atoms with van der Waals surface area (Å²) in [4.78, 5) is 20.1. The molecule has 1 unspecified atom stereocenters. The summed E-state index contributed by atoms with van der Waals surface area (Å²) in [6, 6.07) is 13.7. The highest BCUT2D eigenvalue weighted by molar-refractivity contribution is 8.00. The van der Waals surface area contributed by atoms with Crippen LogP contribution in [0.3, 0.4) is 0 Å². The van der Waals surface area contributed by atoms with Crippen LogP contribution in [0.15, 0.2) is 42.5 Å². The molecule has 0 spiro atoms. The molecule has 0 bridgehead atoms. The lowest BCUT2D eigenvalue weighted by molar-refractivity contribution is -0.118. The number of nitrogens with one attached hydrogen (secondary N) is 2. The minimum absolute atomic E-state index is 0.00199. The lowest BCUT2D eigenvalue weighted by Crippen LogP contribution is -2.25. The zero-order chi connectivity index (χ0) is 18.6. The third kappa shape index (κ3) is 4.19. The molecule has 1 aromatic heterocycles. The first-order valence-corrected chi connectivity index (χ1v) is 9.95. The second-order valence-electron chi connectivity index (χ2n) is 6.35. The Morgan fingerprint density at radius 1 is 1.22 bits per heavy atom. The summed E-state index contributed by atoms with van der Waals surface area (Å²) < 4.78 is 11.1. The van der Waals surface area contributed by atoms with E-state index in [2.05, 4.69) is 22.2 Å². The first kappa shape index (κ1) is 17.7. The van der Waals surface area contributed by atoms with Crippen LogP contribution in [-0.4, -0.2) is 34.8 Å². The number of carbonyl (C=O) groups is 1. The number of hydrogen-bond acceptors (Lipinski definition) is 5. The number of carbonyl (C=O) groups excluding carboxylic acids is 1. The van der Waals surface area contributed by atoms with Crippen molar-refractivity contribution in [3.63, 3.8) is 0 Å². The molecule has 0 fully saturated rings. The zero-order valence-electron chi connectivity index (χ0n) is 15.0. The van der Waals surface area contributed by atoms with Crippen LogP contribution in [-0.2, 0) is 11.3 Å². The topological polar surface area (TPSA) is 76.2 Å². The molecule has 140 valence electrons. The number of hydrogen-bond donors (Lipinski definition) is 2. The number of thioether (sulfide) groups is 1. The molecule has 0 saturated carbocycles. The number of benzene rings is 2. The van der Waals surface area contributed by atoms with Gasteiger partial charge in [-0.2, -0.15) is 0 Å². The van der Waals surface area contributed by atoms with Gasteiger partial charge >= 0.3 is 0 Å². The molecule has 0 aliphatic carbocycles. The van der Waals surface area contributed by atoms with E-state index in [0.717, 1.165) is 33.9 Å². The highest BCUT2D eigenvalue weighted by atomic mass is 32.2. The molecule has 1 aliphatic rings. The Morgan fingerprint density at radius 2 is 2.04 bits per heavy atom. The summed E-state index contributed by atoms with van der Waals surface area (Å²) in [5.41, 5.74) is 2.95. The van der Waals surface area contributed by atoms with E-state index in [1.165, 1.54) is 0 Å². The van der Waals surface area contributed by atoms with Gasteiger partial charge in [-0.1, -0.05) is 18.2 Å². The summed E-state index contributed by atoms with van der Waals surface area (Å²) in [5, 5.41) is 3.06. The maximum atomic E-state index is 12.2. The second kappa shape index (κ2) is 7.92. The maximum absolute atomic E-state index is 12.2. The van der Waals surface area contributed by atoms with Crippen LogP contribution in [0.2, 0.25) is 0 Å². The molecule has 2 heterocycles. The Kier molecular flexibility index (Phi) is 5.20. The Balaban J connectivity index is 1.28. The molecule has 6 nitrogen and oxygen atoms in total. The summed E-state index contributed by atoms with van der Waals surface area (Å²) >= 11 is 1.56. The molecule has 2 aromatic carbocycles. The van der Waals surface area contributed by atoms with Crippen LogP contribution < -0.4 is 14.8 Å². The Labute approximate surface area is 161 Å². The molecule has 1 amide bonds. The van der Waals surface area contributed by atoms with Crippen LogP contribution in [0.4, 0.5) is 0 Å². The van der Waals surface area contributed by atoms with E-state index in [1.54, 1.807) is 11.8 Å². The van der Waals surface area contributed by atoms with Crippen LogP contribution >= 0.6 is 11.8 Å². The van der Waals surface area contributed by atoms with E-state index in [9.17, 15) is 4.79 Å². The molecule has 1 atom stereocenters. The van der Waals surface area contributed by atoms with Crippen LogP contribution in [0.25, 0.3) is 11.0 Å². The van der Waals surface area contributed by atoms with Crippen molar-refractivity contribution in [2.75, 3.05) is 19.0 Å². The number of amides is 1. The zero-order valence-corrected chi connectivity index (χ0v) is 15.8. The Morgan fingerprint density at radius 3 is 2.89 bits per heavy atom. The smallest absolute Gasteiger partial charge is 0.230 e. The first-order chi connectivity index (χ1) is 13.2. The quantitative estimate of drug-likeness (QED) is 0.682. The normalized spacial score (nSPS) is 14.1. The van der Waals surface area contributed by atoms with Crippen molar-refractivity contribution in [2.45, 2.75) is 18.7 Å². The number of ether oxygens (including phenoxy) is 2. The monoisotopic (exact) mass is 383 g/mol. The molecule has 3 aromatic rings. The fraction of sp³-hybridized carbons (Fsp3) is 0.300. The van der Waals surface area contributed by atoms with Crippen LogP contribution in [0.5, 0.6) is 11.5 Å². The average molecular weight is 383 g/mol. The van der Waals surface area contributed by atoms with E-state index in [4.69, 9.17) is 9.47 Å². The van der Waals surface area contributed by atoms with E-state index in [-0.39, 0.29) is 11.2 Å². The van der Waals surface area contributed by atoms with Crippen molar-refractivity contribution in [2.24, 2.45) is 0 Å². The molecule has 0 saturated heterocycles. The number of rotatable bonds is 6. The number of nitrogens with zero attached hydrogens (tertiary/aromatic N) is 1. The van der Waals surface area contributed by atoms with E-state index < -0.39 is 0 Å². The number of H-pyrrole nitrogens is 1. The molecule has 1 aliphatic heterocycles. The number of para-hydroxylation sites is 2. The summed E-state index contributed by atoms with van der Waals surface area (Å²) in [5.74, 6) is 2.76. The molecule has 4 rings (SSSR count). The van der Waals surface area contributed by atoms with Gasteiger partial charge in [0.2, 0.25) is 5.91 Å². The fourth-order valence-electron chi connectivity index (χ4n) is 2.89. The Hall–Kier alpha value is -2.67. The third-order valence-electron chi connectivity index (χ3n) is 4.35.